The first-order valence-electron chi connectivity index (χ1n) is 7.55. The third-order valence-corrected chi connectivity index (χ3v) is 2.95. The number of hydrogen-bond donors (Lipinski definition) is 2. The summed E-state index contributed by atoms with van der Waals surface area (Å²) < 4.78 is 48.4. The molecule has 136 valence electrons. The summed E-state index contributed by atoms with van der Waals surface area (Å²) in [7, 11) is 0. The van der Waals surface area contributed by atoms with Crippen LogP contribution in [-0.2, 0) is 6.18 Å². The number of carbonyl (C=O) groups is 1. The first-order valence-corrected chi connectivity index (χ1v) is 7.55. The van der Waals surface area contributed by atoms with Gasteiger partial charge in [-0.25, -0.2) is 0 Å². The Morgan fingerprint density at radius 2 is 2.00 bits per heavy atom. The number of aromatic amines is 1. The predicted molar refractivity (Wildman–Crippen MR) is 82.7 cm³/mol. The maximum atomic E-state index is 12.5. The highest BCUT2D eigenvalue weighted by atomic mass is 19.4. The van der Waals surface area contributed by atoms with E-state index in [9.17, 15) is 18.0 Å². The molecule has 25 heavy (non-hydrogen) atoms. The zero-order valence-electron chi connectivity index (χ0n) is 13.6. The average molecular weight is 358 g/mol. The van der Waals surface area contributed by atoms with E-state index in [0.717, 1.165) is 6.42 Å². The average Bonchev–Trinajstić information content (AvgIpc) is 3.02. The van der Waals surface area contributed by atoms with Crippen molar-refractivity contribution in [1.82, 2.24) is 15.2 Å². The Morgan fingerprint density at radius 1 is 1.24 bits per heavy atom. The summed E-state index contributed by atoms with van der Waals surface area (Å²) in [5, 5.41) is 7.24. The molecule has 0 bridgehead atoms. The lowest BCUT2D eigenvalue weighted by Gasteiger charge is -2.12. The first-order chi connectivity index (χ1) is 11.8. The zero-order chi connectivity index (χ0) is 18.4. The van der Waals surface area contributed by atoms with Crippen molar-refractivity contribution < 1.29 is 27.4 Å². The van der Waals surface area contributed by atoms with Gasteiger partial charge in [-0.3, -0.25) is 15.2 Å². The molecule has 1 amide bonds. The van der Waals surface area contributed by atoms with Crippen LogP contribution in [0.2, 0.25) is 0 Å². The standard InChI is InChI=1S/C15H17F3N4O3/c1-3-7-25-10-6-5-9(8-11(10)24-4-2)12(23)19-14-20-13(21-22-14)15(16,17)18/h5-6,8H,3-4,7H2,1-2H3,(H2,19,20,21,22,23). The van der Waals surface area contributed by atoms with Gasteiger partial charge in [0.05, 0.1) is 13.2 Å². The van der Waals surface area contributed by atoms with Gasteiger partial charge in [-0.1, -0.05) is 6.92 Å². The highest BCUT2D eigenvalue weighted by molar-refractivity contribution is 6.03. The molecule has 0 aliphatic heterocycles. The second-order valence-corrected chi connectivity index (χ2v) is 4.90. The molecule has 0 radical (unpaired) electrons. The van der Waals surface area contributed by atoms with E-state index in [1.165, 1.54) is 12.1 Å². The van der Waals surface area contributed by atoms with Gasteiger partial charge in [0.25, 0.3) is 5.91 Å². The number of nitrogens with one attached hydrogen (secondary N) is 2. The molecule has 1 aromatic carbocycles. The zero-order valence-corrected chi connectivity index (χ0v) is 13.6. The number of nitrogens with zero attached hydrogens (tertiary/aromatic N) is 2. The van der Waals surface area contributed by atoms with Gasteiger partial charge in [0.1, 0.15) is 0 Å². The van der Waals surface area contributed by atoms with Crippen molar-refractivity contribution >= 4 is 11.9 Å². The van der Waals surface area contributed by atoms with E-state index in [-0.39, 0.29) is 5.56 Å². The minimum absolute atomic E-state index is 0.172. The van der Waals surface area contributed by atoms with Gasteiger partial charge in [0.15, 0.2) is 11.5 Å². The fourth-order valence-corrected chi connectivity index (χ4v) is 1.87. The van der Waals surface area contributed by atoms with Crippen LogP contribution in [0.5, 0.6) is 11.5 Å². The van der Waals surface area contributed by atoms with Gasteiger partial charge >= 0.3 is 6.18 Å². The van der Waals surface area contributed by atoms with Crippen LogP contribution >= 0.6 is 0 Å². The Bertz CT molecular complexity index is 731. The number of halogens is 3. The summed E-state index contributed by atoms with van der Waals surface area (Å²) in [6.07, 6.45) is -3.86. The van der Waals surface area contributed by atoms with Crippen molar-refractivity contribution in [3.8, 4) is 11.5 Å². The molecule has 2 N–H and O–H groups in total. The van der Waals surface area contributed by atoms with Crippen LogP contribution in [0.15, 0.2) is 18.2 Å². The van der Waals surface area contributed by atoms with E-state index in [4.69, 9.17) is 9.47 Å². The summed E-state index contributed by atoms with van der Waals surface area (Å²) in [5.74, 6) is -1.58. The van der Waals surface area contributed by atoms with Gasteiger partial charge in [-0.2, -0.15) is 18.2 Å². The summed E-state index contributed by atoms with van der Waals surface area (Å²) in [5.41, 5.74) is 0.172. The maximum absolute atomic E-state index is 12.5. The molecule has 0 unspecified atom stereocenters. The van der Waals surface area contributed by atoms with Gasteiger partial charge in [0.2, 0.25) is 11.8 Å². The molecule has 7 nitrogen and oxygen atoms in total. The molecule has 0 spiro atoms. The van der Waals surface area contributed by atoms with Crippen LogP contribution in [0.25, 0.3) is 0 Å². The van der Waals surface area contributed by atoms with E-state index in [1.807, 2.05) is 6.92 Å². The van der Waals surface area contributed by atoms with Crippen LogP contribution in [-0.4, -0.2) is 34.3 Å². The molecule has 1 heterocycles. The maximum Gasteiger partial charge on any atom is 0.451 e. The largest absolute Gasteiger partial charge is 0.490 e. The Labute approximate surface area is 141 Å². The van der Waals surface area contributed by atoms with Gasteiger partial charge in [-0.05, 0) is 31.5 Å². The predicted octanol–water partition coefficient (Wildman–Crippen LogP) is 3.26. The lowest BCUT2D eigenvalue weighted by Crippen LogP contribution is -2.14. The summed E-state index contributed by atoms with van der Waals surface area (Å²) in [4.78, 5) is 15.4. The number of hydrogen-bond acceptors (Lipinski definition) is 5. The monoisotopic (exact) mass is 358 g/mol. The summed E-state index contributed by atoms with van der Waals surface area (Å²) >= 11 is 0. The summed E-state index contributed by atoms with van der Waals surface area (Å²) in [6, 6.07) is 4.48. The van der Waals surface area contributed by atoms with E-state index in [0.29, 0.717) is 24.7 Å². The topological polar surface area (TPSA) is 89.1 Å². The van der Waals surface area contributed by atoms with E-state index in [1.54, 1.807) is 18.1 Å². The van der Waals surface area contributed by atoms with E-state index in [2.05, 4.69) is 15.4 Å². The third-order valence-electron chi connectivity index (χ3n) is 2.95. The van der Waals surface area contributed by atoms with Crippen LogP contribution in [0, 0.1) is 0 Å². The molecule has 1 aromatic heterocycles. The van der Waals surface area contributed by atoms with Gasteiger partial charge in [0, 0.05) is 5.56 Å². The van der Waals surface area contributed by atoms with Gasteiger partial charge in [-0.15, -0.1) is 5.10 Å². The highest BCUT2D eigenvalue weighted by Crippen LogP contribution is 2.29. The summed E-state index contributed by atoms with van der Waals surface area (Å²) in [6.45, 7) is 4.59. The van der Waals surface area contributed by atoms with Gasteiger partial charge < -0.3 is 9.47 Å². The molecule has 2 aromatic rings. The molecule has 0 atom stereocenters. The quantitative estimate of drug-likeness (QED) is 0.793. The molecular formula is C15H17F3N4O3. The minimum atomic E-state index is -4.67. The second kappa shape index (κ2) is 7.86. The van der Waals surface area contributed by atoms with Crippen molar-refractivity contribution in [1.29, 1.82) is 0 Å². The molecule has 0 saturated heterocycles. The smallest absolute Gasteiger partial charge is 0.451 e. The Hall–Kier alpha value is -2.78. The highest BCUT2D eigenvalue weighted by Gasteiger charge is 2.35. The Balaban J connectivity index is 2.15. The van der Waals surface area contributed by atoms with Crippen LogP contribution in [0.1, 0.15) is 36.5 Å². The van der Waals surface area contributed by atoms with Crippen LogP contribution in [0.3, 0.4) is 0 Å². The van der Waals surface area contributed by atoms with Crippen molar-refractivity contribution in [2.45, 2.75) is 26.4 Å². The number of benzene rings is 1. The minimum Gasteiger partial charge on any atom is -0.490 e. The Kier molecular flexibility index (Phi) is 5.84. The number of carbonyl (C=O) groups excluding carboxylic acids is 1. The molecule has 0 fully saturated rings. The number of alkyl halides is 3. The number of rotatable bonds is 7. The number of ether oxygens (including phenoxy) is 2. The van der Waals surface area contributed by atoms with Crippen LogP contribution < -0.4 is 14.8 Å². The van der Waals surface area contributed by atoms with E-state index < -0.39 is 23.9 Å². The molecule has 0 aliphatic carbocycles. The molecule has 0 aliphatic rings. The molecule has 2 rings (SSSR count). The normalized spacial score (nSPS) is 11.2. The SMILES string of the molecule is CCCOc1ccc(C(=O)Nc2n[nH]c(C(F)(F)F)n2)cc1OCC. The first kappa shape index (κ1) is 18.6. The van der Waals surface area contributed by atoms with E-state index >= 15 is 0 Å². The lowest BCUT2D eigenvalue weighted by atomic mass is 10.2. The second-order valence-electron chi connectivity index (χ2n) is 4.90. The van der Waals surface area contributed by atoms with Crippen molar-refractivity contribution in [3.63, 3.8) is 0 Å². The number of H-pyrrole nitrogens is 1. The van der Waals surface area contributed by atoms with Crippen LogP contribution in [0.4, 0.5) is 19.1 Å². The number of aromatic nitrogens is 3. The molecule has 10 heteroatoms. The number of amides is 1. The fourth-order valence-electron chi connectivity index (χ4n) is 1.87. The molecule has 0 saturated carbocycles. The fraction of sp³-hybridized carbons (Fsp3) is 0.400. The number of anilines is 1. The lowest BCUT2D eigenvalue weighted by molar-refractivity contribution is -0.144. The van der Waals surface area contributed by atoms with Crippen molar-refractivity contribution in [3.05, 3.63) is 29.6 Å². The van der Waals surface area contributed by atoms with Crippen molar-refractivity contribution in [2.24, 2.45) is 0 Å². The third kappa shape index (κ3) is 4.85. The molecular weight excluding hydrogens is 341 g/mol. The Morgan fingerprint density at radius 3 is 2.60 bits per heavy atom. The van der Waals surface area contributed by atoms with Crippen molar-refractivity contribution in [2.75, 3.05) is 18.5 Å².